The molecule has 5 heteroatoms. The van der Waals surface area contributed by atoms with E-state index >= 15 is 0 Å². The van der Waals surface area contributed by atoms with Crippen LogP contribution in [0.1, 0.15) is 21.6 Å². The molecule has 0 saturated heterocycles. The minimum atomic E-state index is -1.07. The van der Waals surface area contributed by atoms with Gasteiger partial charge < -0.3 is 10.9 Å². The maximum atomic E-state index is 11.1. The number of carboxylic acids is 1. The molecular weight excluding hydrogens is 172 g/mol. The van der Waals surface area contributed by atoms with Gasteiger partial charge in [0.25, 0.3) is 5.56 Å². The fourth-order valence-electron chi connectivity index (χ4n) is 1.22. The highest BCUT2D eigenvalue weighted by Crippen LogP contribution is 2.08. The van der Waals surface area contributed by atoms with Crippen LogP contribution in [0, 0.1) is 13.8 Å². The predicted octanol–water partition coefficient (Wildman–Crippen LogP) is -0.123. The first-order chi connectivity index (χ1) is 5.95. The highest BCUT2D eigenvalue weighted by molar-refractivity contribution is 5.90. The van der Waals surface area contributed by atoms with Crippen molar-refractivity contribution in [3.05, 3.63) is 33.2 Å². The van der Waals surface area contributed by atoms with E-state index in [1.165, 1.54) is 13.0 Å². The van der Waals surface area contributed by atoms with Crippen LogP contribution in [0.5, 0.6) is 0 Å². The SMILES string of the molecule is Cc1cc(=O)n(N)c(C)c1C(=O)O. The highest BCUT2D eigenvalue weighted by Gasteiger charge is 2.13. The topological polar surface area (TPSA) is 85.3 Å². The molecule has 5 nitrogen and oxygen atoms in total. The lowest BCUT2D eigenvalue weighted by molar-refractivity contribution is 0.0694. The van der Waals surface area contributed by atoms with Gasteiger partial charge in [-0.1, -0.05) is 0 Å². The molecule has 0 fully saturated rings. The van der Waals surface area contributed by atoms with Crippen molar-refractivity contribution in [3.63, 3.8) is 0 Å². The Kier molecular flexibility index (Phi) is 2.10. The van der Waals surface area contributed by atoms with Crippen LogP contribution >= 0.6 is 0 Å². The standard InChI is InChI=1S/C8H10N2O3/c1-4-3-6(11)10(9)5(2)7(4)8(12)13/h3H,9H2,1-2H3,(H,12,13). The Balaban J connectivity index is 3.63. The molecule has 0 spiro atoms. The summed E-state index contributed by atoms with van der Waals surface area (Å²) in [6.07, 6.45) is 0. The predicted molar refractivity (Wildman–Crippen MR) is 47.3 cm³/mol. The Hall–Kier alpha value is -1.78. The number of hydrogen-bond acceptors (Lipinski definition) is 3. The molecule has 3 N–H and O–H groups in total. The molecule has 0 aliphatic rings. The van der Waals surface area contributed by atoms with Crippen LogP contribution in [0.2, 0.25) is 0 Å². The Morgan fingerprint density at radius 1 is 1.54 bits per heavy atom. The summed E-state index contributed by atoms with van der Waals surface area (Å²) >= 11 is 0. The zero-order valence-electron chi connectivity index (χ0n) is 7.37. The molecule has 1 rings (SSSR count). The summed E-state index contributed by atoms with van der Waals surface area (Å²) in [7, 11) is 0. The number of nitrogen functional groups attached to an aromatic ring is 1. The van der Waals surface area contributed by atoms with Crippen LogP contribution in [-0.4, -0.2) is 15.8 Å². The minimum Gasteiger partial charge on any atom is -0.478 e. The second-order valence-electron chi connectivity index (χ2n) is 2.80. The first-order valence-electron chi connectivity index (χ1n) is 3.66. The van der Waals surface area contributed by atoms with Crippen LogP contribution in [0.15, 0.2) is 10.9 Å². The van der Waals surface area contributed by atoms with Crippen molar-refractivity contribution in [3.8, 4) is 0 Å². The summed E-state index contributed by atoms with van der Waals surface area (Å²) in [4.78, 5) is 21.8. The van der Waals surface area contributed by atoms with Crippen molar-refractivity contribution in [2.75, 3.05) is 5.84 Å². The molecule has 0 bridgehead atoms. The van der Waals surface area contributed by atoms with Crippen LogP contribution in [-0.2, 0) is 0 Å². The number of aryl methyl sites for hydroxylation is 1. The molecule has 1 heterocycles. The summed E-state index contributed by atoms with van der Waals surface area (Å²) < 4.78 is 0.830. The molecule has 1 aromatic rings. The van der Waals surface area contributed by atoms with Gasteiger partial charge in [0, 0.05) is 6.07 Å². The third kappa shape index (κ3) is 1.40. The van der Waals surface area contributed by atoms with Gasteiger partial charge in [0.1, 0.15) is 0 Å². The maximum absolute atomic E-state index is 11.1. The van der Waals surface area contributed by atoms with E-state index in [9.17, 15) is 9.59 Å². The Morgan fingerprint density at radius 2 is 2.08 bits per heavy atom. The van der Waals surface area contributed by atoms with E-state index in [-0.39, 0.29) is 11.3 Å². The fourth-order valence-corrected chi connectivity index (χ4v) is 1.22. The number of aromatic nitrogens is 1. The third-order valence-electron chi connectivity index (χ3n) is 1.91. The largest absolute Gasteiger partial charge is 0.478 e. The van der Waals surface area contributed by atoms with Gasteiger partial charge >= 0.3 is 5.97 Å². The zero-order valence-corrected chi connectivity index (χ0v) is 7.37. The van der Waals surface area contributed by atoms with E-state index in [1.807, 2.05) is 0 Å². The van der Waals surface area contributed by atoms with Crippen molar-refractivity contribution in [1.82, 2.24) is 4.68 Å². The number of hydrogen-bond donors (Lipinski definition) is 2. The van der Waals surface area contributed by atoms with Gasteiger partial charge in [-0.15, -0.1) is 0 Å². The van der Waals surface area contributed by atoms with E-state index in [2.05, 4.69) is 0 Å². The van der Waals surface area contributed by atoms with Gasteiger partial charge in [0.05, 0.1) is 11.3 Å². The molecule has 0 radical (unpaired) electrons. The Labute approximate surface area is 74.4 Å². The average molecular weight is 182 g/mol. The molecule has 0 aliphatic carbocycles. The number of pyridine rings is 1. The fraction of sp³-hybridized carbons (Fsp3) is 0.250. The number of carboxylic acid groups (broad SMARTS) is 1. The molecule has 0 aliphatic heterocycles. The number of nitrogens with two attached hydrogens (primary N) is 1. The Bertz CT molecular complexity index is 420. The van der Waals surface area contributed by atoms with Crippen LogP contribution in [0.25, 0.3) is 0 Å². The molecule has 0 aromatic carbocycles. The normalized spacial score (nSPS) is 10.0. The summed E-state index contributed by atoms with van der Waals surface area (Å²) in [5.41, 5.74) is 0.372. The van der Waals surface area contributed by atoms with E-state index in [1.54, 1.807) is 6.92 Å². The smallest absolute Gasteiger partial charge is 0.337 e. The molecule has 0 unspecified atom stereocenters. The molecule has 0 saturated carbocycles. The number of aromatic carboxylic acids is 1. The minimum absolute atomic E-state index is 0.0853. The Morgan fingerprint density at radius 3 is 2.54 bits per heavy atom. The molecule has 1 aromatic heterocycles. The maximum Gasteiger partial charge on any atom is 0.337 e. The lowest BCUT2D eigenvalue weighted by atomic mass is 10.1. The van der Waals surface area contributed by atoms with Gasteiger partial charge in [-0.2, -0.15) is 0 Å². The number of rotatable bonds is 1. The van der Waals surface area contributed by atoms with Crippen LogP contribution < -0.4 is 11.4 Å². The number of carbonyl (C=O) groups is 1. The van der Waals surface area contributed by atoms with Crippen LogP contribution in [0.3, 0.4) is 0 Å². The number of nitrogens with zero attached hydrogens (tertiary/aromatic N) is 1. The quantitative estimate of drug-likeness (QED) is 0.593. The van der Waals surface area contributed by atoms with Crippen molar-refractivity contribution >= 4 is 5.97 Å². The van der Waals surface area contributed by atoms with Crippen molar-refractivity contribution in [2.24, 2.45) is 0 Å². The monoisotopic (exact) mass is 182 g/mol. The van der Waals surface area contributed by atoms with E-state index in [0.29, 0.717) is 5.56 Å². The van der Waals surface area contributed by atoms with Crippen molar-refractivity contribution < 1.29 is 9.90 Å². The van der Waals surface area contributed by atoms with Crippen LogP contribution in [0.4, 0.5) is 0 Å². The van der Waals surface area contributed by atoms with Crippen molar-refractivity contribution in [1.29, 1.82) is 0 Å². The molecule has 0 amide bonds. The zero-order chi connectivity index (χ0) is 10.2. The lowest BCUT2D eigenvalue weighted by Gasteiger charge is -2.08. The summed E-state index contributed by atoms with van der Waals surface area (Å²) in [6, 6.07) is 1.20. The second kappa shape index (κ2) is 2.93. The van der Waals surface area contributed by atoms with Gasteiger partial charge in [-0.3, -0.25) is 4.79 Å². The van der Waals surface area contributed by atoms with Gasteiger partial charge in [0.2, 0.25) is 0 Å². The summed E-state index contributed by atoms with van der Waals surface area (Å²) in [5.74, 6) is 4.26. The van der Waals surface area contributed by atoms with E-state index in [4.69, 9.17) is 10.9 Å². The summed E-state index contributed by atoms with van der Waals surface area (Å²) in [6.45, 7) is 3.07. The van der Waals surface area contributed by atoms with Gasteiger partial charge in [-0.25, -0.2) is 9.47 Å². The van der Waals surface area contributed by atoms with Gasteiger partial charge in [-0.05, 0) is 19.4 Å². The molecule has 13 heavy (non-hydrogen) atoms. The highest BCUT2D eigenvalue weighted by atomic mass is 16.4. The van der Waals surface area contributed by atoms with Gasteiger partial charge in [0.15, 0.2) is 0 Å². The first kappa shape index (κ1) is 9.31. The average Bonchev–Trinajstić information content (AvgIpc) is 1.99. The second-order valence-corrected chi connectivity index (χ2v) is 2.80. The molecule has 70 valence electrons. The lowest BCUT2D eigenvalue weighted by Crippen LogP contribution is -2.31. The molecular formula is C8H10N2O3. The first-order valence-corrected chi connectivity index (χ1v) is 3.66. The van der Waals surface area contributed by atoms with E-state index < -0.39 is 11.5 Å². The summed E-state index contributed by atoms with van der Waals surface area (Å²) in [5, 5.41) is 8.79. The third-order valence-corrected chi connectivity index (χ3v) is 1.91. The molecule has 0 atom stereocenters. The van der Waals surface area contributed by atoms with Crippen molar-refractivity contribution in [2.45, 2.75) is 13.8 Å². The van der Waals surface area contributed by atoms with E-state index in [0.717, 1.165) is 4.68 Å².